The van der Waals surface area contributed by atoms with E-state index in [9.17, 15) is 14.4 Å². The second-order valence-electron chi connectivity index (χ2n) is 9.72. The lowest BCUT2D eigenvalue weighted by molar-refractivity contribution is -0.121. The number of amides is 2. The van der Waals surface area contributed by atoms with Crippen molar-refractivity contribution >= 4 is 28.5 Å². The van der Waals surface area contributed by atoms with E-state index in [1.165, 1.54) is 0 Å². The van der Waals surface area contributed by atoms with Gasteiger partial charge >= 0.3 is 5.69 Å². The molecular formula is C27H33N5O4. The molecule has 36 heavy (non-hydrogen) atoms. The molecule has 1 aromatic heterocycles. The standard InChI is InChI=1S/C27H33N5O4/c1-17-6-9-19(16-23(17)36-2)29-25(33)18-7-10-20(11-8-18)32-22-5-3-4-21(24(22)30-27(32)35)26(34)31-14-12-28-13-15-31/h3-6,9,16,18,20,28H,7-8,10-15H2,1-2H3,(H,29,33)(H,30,35). The van der Waals surface area contributed by atoms with E-state index in [0.717, 1.165) is 48.4 Å². The summed E-state index contributed by atoms with van der Waals surface area (Å²) in [6.07, 6.45) is 2.83. The largest absolute Gasteiger partial charge is 0.496 e. The highest BCUT2D eigenvalue weighted by Gasteiger charge is 2.30. The number of nitrogens with zero attached hydrogens (tertiary/aromatic N) is 2. The number of nitrogens with one attached hydrogen (secondary N) is 3. The van der Waals surface area contributed by atoms with E-state index < -0.39 is 0 Å². The Labute approximate surface area is 209 Å². The van der Waals surface area contributed by atoms with E-state index in [1.807, 2.05) is 42.2 Å². The fraction of sp³-hybridized carbons (Fsp3) is 0.444. The number of aryl methyl sites for hydroxylation is 1. The van der Waals surface area contributed by atoms with Gasteiger partial charge in [-0.05, 0) is 56.4 Å². The first-order valence-corrected chi connectivity index (χ1v) is 12.6. The Morgan fingerprint density at radius 1 is 1.06 bits per heavy atom. The van der Waals surface area contributed by atoms with Gasteiger partial charge in [0, 0.05) is 49.9 Å². The van der Waals surface area contributed by atoms with Crippen LogP contribution in [-0.4, -0.2) is 59.6 Å². The summed E-state index contributed by atoms with van der Waals surface area (Å²) in [5, 5.41) is 6.27. The molecule has 0 spiro atoms. The van der Waals surface area contributed by atoms with E-state index in [4.69, 9.17) is 4.74 Å². The lowest BCUT2D eigenvalue weighted by Crippen LogP contribution is -2.46. The molecule has 3 N–H and O–H groups in total. The molecule has 0 unspecified atom stereocenters. The van der Waals surface area contributed by atoms with Crippen LogP contribution in [0.3, 0.4) is 0 Å². The van der Waals surface area contributed by atoms with E-state index in [-0.39, 0.29) is 29.5 Å². The molecule has 3 aromatic rings. The van der Waals surface area contributed by atoms with Crippen LogP contribution in [0.2, 0.25) is 0 Å². The highest BCUT2D eigenvalue weighted by atomic mass is 16.5. The molecule has 190 valence electrons. The number of carbonyl (C=O) groups is 2. The van der Waals surface area contributed by atoms with Gasteiger partial charge in [-0.3, -0.25) is 14.2 Å². The zero-order valence-corrected chi connectivity index (χ0v) is 20.8. The van der Waals surface area contributed by atoms with Crippen LogP contribution in [0.4, 0.5) is 5.69 Å². The van der Waals surface area contributed by atoms with Crippen LogP contribution in [0.15, 0.2) is 41.2 Å². The van der Waals surface area contributed by atoms with Crippen LogP contribution in [0.25, 0.3) is 11.0 Å². The summed E-state index contributed by atoms with van der Waals surface area (Å²) in [6.45, 7) is 4.81. The third kappa shape index (κ3) is 4.63. The minimum atomic E-state index is -0.204. The SMILES string of the molecule is COc1cc(NC(=O)C2CCC(n3c(=O)[nH]c4c(C(=O)N5CCNCC5)cccc43)CC2)ccc1C. The number of hydrogen-bond donors (Lipinski definition) is 3. The van der Waals surface area contributed by atoms with Crippen molar-refractivity contribution in [1.82, 2.24) is 19.8 Å². The van der Waals surface area contributed by atoms with Crippen molar-refractivity contribution in [3.05, 3.63) is 58.0 Å². The molecule has 2 aromatic carbocycles. The Balaban J connectivity index is 1.29. The second kappa shape index (κ2) is 10.2. The highest BCUT2D eigenvalue weighted by Crippen LogP contribution is 2.34. The fourth-order valence-electron chi connectivity index (χ4n) is 5.47. The summed E-state index contributed by atoms with van der Waals surface area (Å²) in [6, 6.07) is 11.2. The van der Waals surface area contributed by atoms with Gasteiger partial charge in [-0.1, -0.05) is 12.1 Å². The zero-order chi connectivity index (χ0) is 25.2. The molecular weight excluding hydrogens is 458 g/mol. The van der Waals surface area contributed by atoms with E-state index in [0.29, 0.717) is 37.0 Å². The maximum absolute atomic E-state index is 13.2. The predicted octanol–water partition coefficient (Wildman–Crippen LogP) is 3.06. The van der Waals surface area contributed by atoms with Gasteiger partial charge < -0.3 is 25.3 Å². The topological polar surface area (TPSA) is 108 Å². The molecule has 5 rings (SSSR count). The van der Waals surface area contributed by atoms with Crippen molar-refractivity contribution in [2.75, 3.05) is 38.6 Å². The molecule has 2 heterocycles. The van der Waals surface area contributed by atoms with Crippen molar-refractivity contribution < 1.29 is 14.3 Å². The average molecular weight is 492 g/mol. The van der Waals surface area contributed by atoms with Gasteiger partial charge in [0.25, 0.3) is 5.91 Å². The summed E-state index contributed by atoms with van der Waals surface area (Å²) < 4.78 is 7.14. The van der Waals surface area contributed by atoms with Gasteiger partial charge in [-0.15, -0.1) is 0 Å². The minimum Gasteiger partial charge on any atom is -0.496 e. The number of ether oxygens (including phenoxy) is 1. The molecule has 2 fully saturated rings. The van der Waals surface area contributed by atoms with Crippen LogP contribution in [0.5, 0.6) is 5.75 Å². The molecule has 2 amide bonds. The molecule has 0 bridgehead atoms. The number of carbonyl (C=O) groups excluding carboxylic acids is 2. The maximum atomic E-state index is 13.2. The molecule has 9 nitrogen and oxygen atoms in total. The summed E-state index contributed by atoms with van der Waals surface area (Å²) >= 11 is 0. The summed E-state index contributed by atoms with van der Waals surface area (Å²) in [4.78, 5) is 43.9. The van der Waals surface area contributed by atoms with Crippen molar-refractivity contribution in [3.8, 4) is 5.75 Å². The molecule has 1 saturated heterocycles. The van der Waals surface area contributed by atoms with Crippen molar-refractivity contribution in [2.45, 2.75) is 38.6 Å². The van der Waals surface area contributed by atoms with Crippen molar-refractivity contribution in [3.63, 3.8) is 0 Å². The number of H-pyrrole nitrogens is 1. The summed E-state index contributed by atoms with van der Waals surface area (Å²) in [5.41, 5.74) is 3.41. The number of fused-ring (bicyclic) bond motifs is 1. The molecule has 9 heteroatoms. The quantitative estimate of drug-likeness (QED) is 0.508. The summed E-state index contributed by atoms with van der Waals surface area (Å²) in [7, 11) is 1.62. The second-order valence-corrected chi connectivity index (χ2v) is 9.72. The average Bonchev–Trinajstić information content (AvgIpc) is 3.25. The van der Waals surface area contributed by atoms with Crippen LogP contribution in [0.1, 0.15) is 47.6 Å². The zero-order valence-electron chi connectivity index (χ0n) is 20.8. The third-order valence-electron chi connectivity index (χ3n) is 7.50. The number of benzene rings is 2. The predicted molar refractivity (Wildman–Crippen MR) is 139 cm³/mol. The first-order valence-electron chi connectivity index (χ1n) is 12.6. The first kappa shape index (κ1) is 24.1. The normalized spacial score (nSPS) is 20.3. The number of piperazine rings is 1. The number of aromatic nitrogens is 2. The van der Waals surface area contributed by atoms with Crippen LogP contribution < -0.4 is 21.1 Å². The fourth-order valence-corrected chi connectivity index (χ4v) is 5.47. The van der Waals surface area contributed by atoms with Crippen LogP contribution in [0, 0.1) is 12.8 Å². The van der Waals surface area contributed by atoms with Crippen molar-refractivity contribution in [2.24, 2.45) is 5.92 Å². The monoisotopic (exact) mass is 491 g/mol. The Kier molecular flexibility index (Phi) is 6.82. The van der Waals surface area contributed by atoms with Crippen LogP contribution >= 0.6 is 0 Å². The maximum Gasteiger partial charge on any atom is 0.326 e. The smallest absolute Gasteiger partial charge is 0.326 e. The van der Waals surface area contributed by atoms with E-state index >= 15 is 0 Å². The van der Waals surface area contributed by atoms with Gasteiger partial charge in [0.1, 0.15) is 5.75 Å². The Morgan fingerprint density at radius 3 is 2.53 bits per heavy atom. The Morgan fingerprint density at radius 2 is 1.81 bits per heavy atom. The summed E-state index contributed by atoms with van der Waals surface area (Å²) in [5.74, 6) is 0.572. The number of hydrogen-bond acceptors (Lipinski definition) is 5. The Hall–Kier alpha value is -3.59. The lowest BCUT2D eigenvalue weighted by Gasteiger charge is -2.29. The number of anilines is 1. The molecule has 1 aliphatic heterocycles. The molecule has 0 atom stereocenters. The van der Waals surface area contributed by atoms with Crippen molar-refractivity contribution in [1.29, 1.82) is 0 Å². The van der Waals surface area contributed by atoms with Gasteiger partial charge in [0.15, 0.2) is 0 Å². The van der Waals surface area contributed by atoms with Crippen LogP contribution in [-0.2, 0) is 4.79 Å². The molecule has 1 saturated carbocycles. The number of methoxy groups -OCH3 is 1. The Bertz CT molecular complexity index is 1330. The molecule has 0 radical (unpaired) electrons. The number of imidazole rings is 1. The van der Waals surface area contributed by atoms with Gasteiger partial charge in [-0.25, -0.2) is 4.79 Å². The van der Waals surface area contributed by atoms with Gasteiger partial charge in [0.05, 0.1) is 23.7 Å². The molecule has 2 aliphatic rings. The molecule has 1 aliphatic carbocycles. The number of rotatable bonds is 5. The van der Waals surface area contributed by atoms with Gasteiger partial charge in [0.2, 0.25) is 5.91 Å². The first-order chi connectivity index (χ1) is 17.5. The highest BCUT2D eigenvalue weighted by molar-refractivity contribution is 6.05. The third-order valence-corrected chi connectivity index (χ3v) is 7.50. The number of para-hydroxylation sites is 1. The minimum absolute atomic E-state index is 0.00506. The van der Waals surface area contributed by atoms with E-state index in [2.05, 4.69) is 15.6 Å². The lowest BCUT2D eigenvalue weighted by atomic mass is 9.85. The number of aromatic amines is 1. The van der Waals surface area contributed by atoms with E-state index in [1.54, 1.807) is 17.7 Å². The van der Waals surface area contributed by atoms with Gasteiger partial charge in [-0.2, -0.15) is 0 Å².